The molecule has 0 aliphatic carbocycles. The summed E-state index contributed by atoms with van der Waals surface area (Å²) in [6.07, 6.45) is 0. The Labute approximate surface area is 142 Å². The van der Waals surface area contributed by atoms with Crippen LogP contribution in [0.2, 0.25) is 0 Å². The van der Waals surface area contributed by atoms with Crippen molar-refractivity contribution in [2.75, 3.05) is 12.3 Å². The second kappa shape index (κ2) is 7.78. The molecule has 0 spiro atoms. The molecule has 7 heteroatoms. The molecule has 114 valence electrons. The summed E-state index contributed by atoms with van der Waals surface area (Å²) >= 11 is 6.21. The molecule has 2 aromatic rings. The Morgan fingerprint density at radius 1 is 1.29 bits per heavy atom. The zero-order valence-corrected chi connectivity index (χ0v) is 15.5. The minimum Gasteiger partial charge on any atom is -0.210 e. The summed E-state index contributed by atoms with van der Waals surface area (Å²) in [4.78, 5) is 0. The Morgan fingerprint density at radius 2 is 2.10 bits per heavy atom. The third-order valence-electron chi connectivity index (χ3n) is 2.70. The van der Waals surface area contributed by atoms with Gasteiger partial charge in [0.15, 0.2) is 0 Å². The molecule has 3 nitrogen and oxygen atoms in total. The van der Waals surface area contributed by atoms with Crippen LogP contribution in [0.15, 0.2) is 44.4 Å². The van der Waals surface area contributed by atoms with Gasteiger partial charge in [0.2, 0.25) is 10.0 Å². The maximum Gasteiger partial charge on any atom is 0.250 e. The van der Waals surface area contributed by atoms with Crippen LogP contribution in [0.4, 0.5) is 0 Å². The predicted octanol–water partition coefficient (Wildman–Crippen LogP) is 4.03. The van der Waals surface area contributed by atoms with Crippen molar-refractivity contribution >= 4 is 49.1 Å². The van der Waals surface area contributed by atoms with Gasteiger partial charge < -0.3 is 0 Å². The number of hydrogen-bond acceptors (Lipinski definition) is 4. The van der Waals surface area contributed by atoms with Gasteiger partial charge in [-0.1, -0.05) is 29.8 Å². The van der Waals surface area contributed by atoms with Gasteiger partial charge in [0.05, 0.1) is 3.79 Å². The van der Waals surface area contributed by atoms with Crippen LogP contribution in [0.1, 0.15) is 11.1 Å². The Hall–Kier alpha value is -0.340. The van der Waals surface area contributed by atoms with Crippen LogP contribution in [0.5, 0.6) is 0 Å². The third-order valence-corrected chi connectivity index (χ3v) is 7.31. The SMILES string of the molecule is Cc1cccc(CSCCNS(=O)(=O)c2ccc(Br)s2)c1. The Morgan fingerprint density at radius 3 is 2.76 bits per heavy atom. The van der Waals surface area contributed by atoms with Crippen molar-refractivity contribution in [2.45, 2.75) is 16.9 Å². The topological polar surface area (TPSA) is 46.2 Å². The van der Waals surface area contributed by atoms with E-state index in [0.717, 1.165) is 15.3 Å². The summed E-state index contributed by atoms with van der Waals surface area (Å²) in [5.41, 5.74) is 2.52. The molecular formula is C14H16BrNO2S3. The minimum atomic E-state index is -3.37. The van der Waals surface area contributed by atoms with E-state index in [1.807, 2.05) is 6.07 Å². The second-order valence-electron chi connectivity index (χ2n) is 4.50. The van der Waals surface area contributed by atoms with E-state index in [4.69, 9.17) is 0 Å². The number of hydrogen-bond donors (Lipinski definition) is 1. The molecule has 2 rings (SSSR count). The van der Waals surface area contributed by atoms with Gasteiger partial charge in [-0.15, -0.1) is 11.3 Å². The molecule has 1 N–H and O–H groups in total. The lowest BCUT2D eigenvalue weighted by molar-refractivity contribution is 0.586. The van der Waals surface area contributed by atoms with E-state index >= 15 is 0 Å². The molecule has 0 saturated heterocycles. The first kappa shape index (κ1) is 17.0. The number of benzene rings is 1. The molecule has 0 atom stereocenters. The summed E-state index contributed by atoms with van der Waals surface area (Å²) < 4.78 is 27.8. The highest BCUT2D eigenvalue weighted by Crippen LogP contribution is 2.25. The summed E-state index contributed by atoms with van der Waals surface area (Å²) in [7, 11) is -3.37. The van der Waals surface area contributed by atoms with Crippen molar-refractivity contribution in [3.8, 4) is 0 Å². The monoisotopic (exact) mass is 405 g/mol. The number of thiophene rings is 1. The van der Waals surface area contributed by atoms with Crippen LogP contribution in [0.25, 0.3) is 0 Å². The maximum atomic E-state index is 12.0. The number of aryl methyl sites for hydroxylation is 1. The van der Waals surface area contributed by atoms with E-state index in [1.54, 1.807) is 23.9 Å². The fourth-order valence-corrected chi connectivity index (χ4v) is 5.77. The summed E-state index contributed by atoms with van der Waals surface area (Å²) in [5.74, 6) is 1.65. The lowest BCUT2D eigenvalue weighted by Gasteiger charge is -2.05. The summed E-state index contributed by atoms with van der Waals surface area (Å²) in [6.45, 7) is 2.51. The lowest BCUT2D eigenvalue weighted by Crippen LogP contribution is -2.25. The molecule has 0 aliphatic rings. The first-order valence-corrected chi connectivity index (χ1v) is 10.6. The second-order valence-corrected chi connectivity index (χ2v) is 10.1. The van der Waals surface area contributed by atoms with E-state index in [-0.39, 0.29) is 0 Å². The van der Waals surface area contributed by atoms with Crippen molar-refractivity contribution in [3.05, 3.63) is 51.3 Å². The van der Waals surface area contributed by atoms with Crippen molar-refractivity contribution < 1.29 is 8.42 Å². The molecule has 1 heterocycles. The van der Waals surface area contributed by atoms with E-state index in [1.165, 1.54) is 22.5 Å². The zero-order valence-electron chi connectivity index (χ0n) is 11.5. The van der Waals surface area contributed by atoms with E-state index in [2.05, 4.69) is 45.8 Å². The molecule has 0 amide bonds. The molecule has 0 unspecified atom stereocenters. The van der Waals surface area contributed by atoms with Gasteiger partial charge >= 0.3 is 0 Å². The highest BCUT2D eigenvalue weighted by molar-refractivity contribution is 9.11. The zero-order chi connectivity index (χ0) is 15.3. The average Bonchev–Trinajstić information content (AvgIpc) is 2.86. The van der Waals surface area contributed by atoms with Crippen molar-refractivity contribution in [3.63, 3.8) is 0 Å². The van der Waals surface area contributed by atoms with Gasteiger partial charge in [0.25, 0.3) is 0 Å². The van der Waals surface area contributed by atoms with Gasteiger partial charge in [-0.3, -0.25) is 0 Å². The van der Waals surface area contributed by atoms with Gasteiger partial charge in [-0.05, 0) is 40.5 Å². The molecule has 0 radical (unpaired) electrons. The minimum absolute atomic E-state index is 0.345. The summed E-state index contributed by atoms with van der Waals surface area (Å²) in [5, 5.41) is 0. The van der Waals surface area contributed by atoms with Gasteiger partial charge in [-0.2, -0.15) is 11.8 Å². The fraction of sp³-hybridized carbons (Fsp3) is 0.286. The number of nitrogens with one attached hydrogen (secondary N) is 1. The number of halogens is 1. The van der Waals surface area contributed by atoms with Crippen LogP contribution in [-0.2, 0) is 15.8 Å². The van der Waals surface area contributed by atoms with Crippen LogP contribution in [0.3, 0.4) is 0 Å². The molecule has 21 heavy (non-hydrogen) atoms. The average molecular weight is 406 g/mol. The first-order chi connectivity index (χ1) is 9.97. The molecule has 0 bridgehead atoms. The van der Waals surface area contributed by atoms with E-state index in [0.29, 0.717) is 10.8 Å². The molecular weight excluding hydrogens is 390 g/mol. The smallest absolute Gasteiger partial charge is 0.210 e. The highest BCUT2D eigenvalue weighted by Gasteiger charge is 2.15. The number of sulfonamides is 1. The standard InChI is InChI=1S/C14H16BrNO2S3/c1-11-3-2-4-12(9-11)10-19-8-7-16-21(17,18)14-6-5-13(15)20-14/h2-6,9,16H,7-8,10H2,1H3. The van der Waals surface area contributed by atoms with Gasteiger partial charge in [-0.25, -0.2) is 13.1 Å². The van der Waals surface area contributed by atoms with Crippen LogP contribution in [0, 0.1) is 6.92 Å². The molecule has 0 fully saturated rings. The van der Waals surface area contributed by atoms with Gasteiger partial charge in [0.1, 0.15) is 4.21 Å². The molecule has 0 aliphatic heterocycles. The van der Waals surface area contributed by atoms with Crippen molar-refractivity contribution in [2.24, 2.45) is 0 Å². The maximum absolute atomic E-state index is 12.0. The Kier molecular flexibility index (Phi) is 6.31. The fourth-order valence-electron chi connectivity index (χ4n) is 1.75. The number of rotatable bonds is 7. The van der Waals surface area contributed by atoms with Crippen LogP contribution >= 0.6 is 39.0 Å². The Bertz CT molecular complexity index is 698. The van der Waals surface area contributed by atoms with Crippen LogP contribution in [-0.4, -0.2) is 20.7 Å². The molecule has 0 saturated carbocycles. The van der Waals surface area contributed by atoms with Crippen LogP contribution < -0.4 is 4.72 Å². The normalized spacial score (nSPS) is 11.7. The predicted molar refractivity (Wildman–Crippen MR) is 94.5 cm³/mol. The molecule has 1 aromatic carbocycles. The van der Waals surface area contributed by atoms with Crippen molar-refractivity contribution in [1.82, 2.24) is 4.72 Å². The third kappa shape index (κ3) is 5.41. The quantitative estimate of drug-likeness (QED) is 0.707. The highest BCUT2D eigenvalue weighted by atomic mass is 79.9. The first-order valence-electron chi connectivity index (χ1n) is 6.36. The van der Waals surface area contributed by atoms with Crippen molar-refractivity contribution in [1.29, 1.82) is 0 Å². The number of thioether (sulfide) groups is 1. The molecule has 1 aromatic heterocycles. The van der Waals surface area contributed by atoms with E-state index < -0.39 is 10.0 Å². The largest absolute Gasteiger partial charge is 0.250 e. The van der Waals surface area contributed by atoms with E-state index in [9.17, 15) is 8.42 Å². The Balaban J connectivity index is 1.75. The van der Waals surface area contributed by atoms with Gasteiger partial charge in [0, 0.05) is 18.1 Å². The summed E-state index contributed by atoms with van der Waals surface area (Å²) in [6, 6.07) is 11.7. The lowest BCUT2D eigenvalue weighted by atomic mass is 10.2.